The van der Waals surface area contributed by atoms with Crippen LogP contribution in [0.25, 0.3) is 0 Å². The third-order valence-electron chi connectivity index (χ3n) is 2.49. The summed E-state index contributed by atoms with van der Waals surface area (Å²) < 4.78 is 5.25. The van der Waals surface area contributed by atoms with Gasteiger partial charge >= 0.3 is 5.97 Å². The van der Waals surface area contributed by atoms with E-state index in [-0.39, 0.29) is 12.1 Å². The van der Waals surface area contributed by atoms with E-state index in [0.717, 1.165) is 32.1 Å². The molecule has 0 radical (unpaired) electrons. The number of ether oxygens (including phenoxy) is 1. The minimum absolute atomic E-state index is 0.0259. The molecule has 1 heterocycles. The Morgan fingerprint density at radius 2 is 2.00 bits per heavy atom. The zero-order valence-electron chi connectivity index (χ0n) is 9.00. The molecule has 0 aromatic carbocycles. The Hall–Kier alpha value is -0.790. The van der Waals surface area contributed by atoms with Crippen LogP contribution >= 0.6 is 0 Å². The summed E-state index contributed by atoms with van der Waals surface area (Å²) in [5.74, 6) is -0.0259. The highest BCUT2D eigenvalue weighted by molar-refractivity contribution is 5.69. The quantitative estimate of drug-likeness (QED) is 0.439. The highest BCUT2D eigenvalue weighted by atomic mass is 16.5. The number of carbonyl (C=O) groups excluding carboxylic acids is 1. The largest absolute Gasteiger partial charge is 0.463 e. The number of rotatable bonds is 0. The second kappa shape index (κ2) is 6.63. The van der Waals surface area contributed by atoms with E-state index in [1.54, 1.807) is 0 Å². The fourth-order valence-electron chi connectivity index (χ4n) is 1.62. The molecule has 80 valence electrons. The summed E-state index contributed by atoms with van der Waals surface area (Å²) >= 11 is 0. The second-order valence-electron chi connectivity index (χ2n) is 3.95. The normalized spacial score (nSPS) is 26.1. The SMILES string of the molecule is CC1CCC=CCCCCCC(=O)O1. The van der Waals surface area contributed by atoms with Gasteiger partial charge in [0.25, 0.3) is 0 Å². The molecular formula is C12H20O2. The summed E-state index contributed by atoms with van der Waals surface area (Å²) in [4.78, 5) is 11.3. The minimum atomic E-state index is -0.0259. The van der Waals surface area contributed by atoms with Crippen LogP contribution in [0.15, 0.2) is 12.2 Å². The lowest BCUT2D eigenvalue weighted by atomic mass is 10.1. The van der Waals surface area contributed by atoms with Crippen LogP contribution < -0.4 is 0 Å². The topological polar surface area (TPSA) is 26.3 Å². The van der Waals surface area contributed by atoms with Crippen molar-refractivity contribution in [2.75, 3.05) is 0 Å². The Morgan fingerprint density at radius 1 is 1.21 bits per heavy atom. The van der Waals surface area contributed by atoms with Gasteiger partial charge in [-0.15, -0.1) is 0 Å². The molecule has 0 saturated carbocycles. The molecule has 0 bridgehead atoms. The van der Waals surface area contributed by atoms with E-state index in [0.29, 0.717) is 6.42 Å². The van der Waals surface area contributed by atoms with Gasteiger partial charge in [-0.25, -0.2) is 0 Å². The van der Waals surface area contributed by atoms with Crippen LogP contribution in [0.1, 0.15) is 51.9 Å². The predicted octanol–water partition coefficient (Wildman–Crippen LogP) is 3.22. The highest BCUT2D eigenvalue weighted by Crippen LogP contribution is 2.10. The molecule has 0 spiro atoms. The molecule has 2 heteroatoms. The fraction of sp³-hybridized carbons (Fsp3) is 0.750. The average molecular weight is 196 g/mol. The Balaban J connectivity index is 2.35. The molecule has 0 amide bonds. The molecule has 1 atom stereocenters. The van der Waals surface area contributed by atoms with Gasteiger partial charge in [-0.3, -0.25) is 4.79 Å². The first-order valence-corrected chi connectivity index (χ1v) is 5.63. The van der Waals surface area contributed by atoms with Crippen LogP contribution in [0.3, 0.4) is 0 Å². The summed E-state index contributed by atoms with van der Waals surface area (Å²) in [6.45, 7) is 1.97. The van der Waals surface area contributed by atoms with Crippen molar-refractivity contribution >= 4 is 5.97 Å². The summed E-state index contributed by atoms with van der Waals surface area (Å²) in [6, 6.07) is 0. The zero-order chi connectivity index (χ0) is 10.2. The number of esters is 1. The number of cyclic esters (lactones) is 1. The van der Waals surface area contributed by atoms with E-state index in [9.17, 15) is 4.79 Å². The number of carbonyl (C=O) groups is 1. The third-order valence-corrected chi connectivity index (χ3v) is 2.49. The lowest BCUT2D eigenvalue weighted by Gasteiger charge is -2.12. The van der Waals surface area contributed by atoms with Crippen LogP contribution in [0, 0.1) is 0 Å². The monoisotopic (exact) mass is 196 g/mol. The van der Waals surface area contributed by atoms with Crippen molar-refractivity contribution in [3.8, 4) is 0 Å². The van der Waals surface area contributed by atoms with Crippen molar-refractivity contribution in [1.29, 1.82) is 0 Å². The van der Waals surface area contributed by atoms with Gasteiger partial charge in [0.15, 0.2) is 0 Å². The number of allylic oxidation sites excluding steroid dienone is 2. The van der Waals surface area contributed by atoms with E-state index in [1.165, 1.54) is 6.42 Å². The average Bonchev–Trinajstić information content (AvgIpc) is 2.13. The molecule has 0 aliphatic carbocycles. The fourth-order valence-corrected chi connectivity index (χ4v) is 1.62. The Labute approximate surface area is 86.3 Å². The highest BCUT2D eigenvalue weighted by Gasteiger charge is 2.08. The smallest absolute Gasteiger partial charge is 0.306 e. The van der Waals surface area contributed by atoms with Gasteiger partial charge in [-0.2, -0.15) is 0 Å². The van der Waals surface area contributed by atoms with Crippen LogP contribution in [0.4, 0.5) is 0 Å². The van der Waals surface area contributed by atoms with E-state index >= 15 is 0 Å². The van der Waals surface area contributed by atoms with Crippen molar-refractivity contribution in [1.82, 2.24) is 0 Å². The first-order valence-electron chi connectivity index (χ1n) is 5.63. The van der Waals surface area contributed by atoms with Crippen LogP contribution in [0.5, 0.6) is 0 Å². The Kier molecular flexibility index (Phi) is 5.35. The van der Waals surface area contributed by atoms with Crippen molar-refractivity contribution in [2.24, 2.45) is 0 Å². The van der Waals surface area contributed by atoms with Gasteiger partial charge in [-0.05, 0) is 39.0 Å². The molecular weight excluding hydrogens is 176 g/mol. The van der Waals surface area contributed by atoms with Gasteiger partial charge in [0.1, 0.15) is 0 Å². The Morgan fingerprint density at radius 3 is 2.86 bits per heavy atom. The van der Waals surface area contributed by atoms with Crippen molar-refractivity contribution in [2.45, 2.75) is 58.0 Å². The van der Waals surface area contributed by atoms with E-state index in [1.807, 2.05) is 6.92 Å². The summed E-state index contributed by atoms with van der Waals surface area (Å²) in [6.07, 6.45) is 11.5. The lowest BCUT2D eigenvalue weighted by molar-refractivity contribution is -0.148. The van der Waals surface area contributed by atoms with Crippen LogP contribution in [0.2, 0.25) is 0 Å². The standard InChI is InChI=1S/C12H20O2/c1-11-9-7-5-3-2-4-6-8-10-12(13)14-11/h3,5,11H,2,4,6-10H2,1H3. The molecule has 0 aromatic rings. The van der Waals surface area contributed by atoms with Crippen LogP contribution in [-0.4, -0.2) is 12.1 Å². The van der Waals surface area contributed by atoms with Crippen molar-refractivity contribution in [3.05, 3.63) is 12.2 Å². The number of hydrogen-bond donors (Lipinski definition) is 0. The van der Waals surface area contributed by atoms with Gasteiger partial charge < -0.3 is 4.74 Å². The molecule has 2 nitrogen and oxygen atoms in total. The maximum absolute atomic E-state index is 11.3. The van der Waals surface area contributed by atoms with Crippen LogP contribution in [-0.2, 0) is 9.53 Å². The molecule has 1 aliphatic rings. The molecule has 0 aromatic heterocycles. The summed E-state index contributed by atoms with van der Waals surface area (Å²) in [5.41, 5.74) is 0. The molecule has 1 unspecified atom stereocenters. The minimum Gasteiger partial charge on any atom is -0.463 e. The summed E-state index contributed by atoms with van der Waals surface area (Å²) in [5, 5.41) is 0. The first-order chi connectivity index (χ1) is 6.79. The van der Waals surface area contributed by atoms with Crippen molar-refractivity contribution in [3.63, 3.8) is 0 Å². The molecule has 0 N–H and O–H groups in total. The Bertz CT molecular complexity index is 196. The van der Waals surface area contributed by atoms with E-state index in [2.05, 4.69) is 12.2 Å². The van der Waals surface area contributed by atoms with Gasteiger partial charge in [0.05, 0.1) is 6.10 Å². The van der Waals surface area contributed by atoms with Crippen molar-refractivity contribution < 1.29 is 9.53 Å². The zero-order valence-corrected chi connectivity index (χ0v) is 9.00. The maximum Gasteiger partial charge on any atom is 0.306 e. The first kappa shape index (κ1) is 11.3. The van der Waals surface area contributed by atoms with E-state index < -0.39 is 0 Å². The number of hydrogen-bond acceptors (Lipinski definition) is 2. The molecule has 0 fully saturated rings. The van der Waals surface area contributed by atoms with Gasteiger partial charge in [-0.1, -0.05) is 18.6 Å². The second-order valence-corrected chi connectivity index (χ2v) is 3.95. The molecule has 0 saturated heterocycles. The summed E-state index contributed by atoms with van der Waals surface area (Å²) in [7, 11) is 0. The van der Waals surface area contributed by atoms with Gasteiger partial charge in [0, 0.05) is 6.42 Å². The molecule has 1 aliphatic heterocycles. The third kappa shape index (κ3) is 5.05. The van der Waals surface area contributed by atoms with E-state index in [4.69, 9.17) is 4.74 Å². The lowest BCUT2D eigenvalue weighted by Crippen LogP contribution is -2.14. The van der Waals surface area contributed by atoms with Gasteiger partial charge in [0.2, 0.25) is 0 Å². The molecule has 1 rings (SSSR count). The predicted molar refractivity (Wildman–Crippen MR) is 57.0 cm³/mol. The molecule has 14 heavy (non-hydrogen) atoms. The maximum atomic E-state index is 11.3.